The topological polar surface area (TPSA) is 20.3 Å². The van der Waals surface area contributed by atoms with E-state index in [2.05, 4.69) is 15.9 Å². The summed E-state index contributed by atoms with van der Waals surface area (Å²) in [5.41, 5.74) is 0. The zero-order valence-corrected chi connectivity index (χ0v) is 11.9. The molecule has 106 valence electrons. The molecule has 1 aliphatic carbocycles. The predicted octanol–water partition coefficient (Wildman–Crippen LogP) is 3.74. The normalized spacial score (nSPS) is 17.1. The maximum absolute atomic E-state index is 12.3. The number of nitrogens with zero attached hydrogens (tertiary/aromatic N) is 1. The molecule has 1 amide bonds. The first-order valence-corrected chi connectivity index (χ1v) is 7.45. The second-order valence-corrected chi connectivity index (χ2v) is 5.60. The Labute approximate surface area is 114 Å². The van der Waals surface area contributed by atoms with Crippen LogP contribution in [0, 0.1) is 5.92 Å². The summed E-state index contributed by atoms with van der Waals surface area (Å²) in [5.74, 6) is 0.157. The Kier molecular flexibility index (Phi) is 6.46. The van der Waals surface area contributed by atoms with Crippen molar-refractivity contribution in [3.8, 4) is 0 Å². The van der Waals surface area contributed by atoms with Crippen LogP contribution in [-0.4, -0.2) is 35.4 Å². The number of hydrogen-bond acceptors (Lipinski definition) is 1. The van der Waals surface area contributed by atoms with Gasteiger partial charge in [-0.2, -0.15) is 13.2 Å². The van der Waals surface area contributed by atoms with Crippen molar-refractivity contribution in [3.05, 3.63) is 0 Å². The molecule has 0 heterocycles. The van der Waals surface area contributed by atoms with E-state index < -0.39 is 12.7 Å². The van der Waals surface area contributed by atoms with Gasteiger partial charge in [0.25, 0.3) is 0 Å². The van der Waals surface area contributed by atoms with E-state index >= 15 is 0 Å². The summed E-state index contributed by atoms with van der Waals surface area (Å²) in [4.78, 5) is 12.7. The van der Waals surface area contributed by atoms with Crippen LogP contribution in [0.5, 0.6) is 0 Å². The van der Waals surface area contributed by atoms with E-state index in [9.17, 15) is 18.0 Å². The molecule has 0 aromatic heterocycles. The van der Waals surface area contributed by atoms with Crippen molar-refractivity contribution in [2.75, 3.05) is 18.4 Å². The van der Waals surface area contributed by atoms with Gasteiger partial charge in [-0.3, -0.25) is 4.79 Å². The Hall–Kier alpha value is -0.260. The maximum atomic E-state index is 12.3. The van der Waals surface area contributed by atoms with Gasteiger partial charge in [-0.25, -0.2) is 0 Å². The lowest BCUT2D eigenvalue weighted by molar-refractivity contribution is -0.160. The number of halogens is 4. The Morgan fingerprint density at radius 1 is 1.28 bits per heavy atom. The molecular formula is C12H19BrF3NO. The van der Waals surface area contributed by atoms with Crippen molar-refractivity contribution >= 4 is 21.8 Å². The van der Waals surface area contributed by atoms with Gasteiger partial charge >= 0.3 is 6.18 Å². The van der Waals surface area contributed by atoms with E-state index in [-0.39, 0.29) is 18.9 Å². The third-order valence-electron chi connectivity index (χ3n) is 3.32. The maximum Gasteiger partial charge on any atom is 0.406 e. The van der Waals surface area contributed by atoms with E-state index in [0.29, 0.717) is 11.2 Å². The number of hydrogen-bond donors (Lipinski definition) is 0. The lowest BCUT2D eigenvalue weighted by Gasteiger charge is -2.23. The lowest BCUT2D eigenvalue weighted by atomic mass is 10.0. The molecule has 1 rings (SSSR count). The number of alkyl halides is 4. The third kappa shape index (κ3) is 6.07. The number of carbonyl (C=O) groups excluding carboxylic acids is 1. The lowest BCUT2D eigenvalue weighted by Crippen LogP contribution is -2.40. The highest BCUT2D eigenvalue weighted by molar-refractivity contribution is 9.09. The van der Waals surface area contributed by atoms with Crippen LogP contribution in [0.4, 0.5) is 13.2 Å². The smallest absolute Gasteiger partial charge is 0.333 e. The minimum Gasteiger partial charge on any atom is -0.333 e. The van der Waals surface area contributed by atoms with Crippen molar-refractivity contribution in [2.24, 2.45) is 5.92 Å². The van der Waals surface area contributed by atoms with E-state index in [0.717, 1.165) is 24.2 Å². The van der Waals surface area contributed by atoms with Gasteiger partial charge in [-0.15, -0.1) is 0 Å². The highest BCUT2D eigenvalue weighted by Crippen LogP contribution is 2.29. The van der Waals surface area contributed by atoms with Gasteiger partial charge in [0.2, 0.25) is 5.91 Å². The molecule has 0 saturated heterocycles. The fourth-order valence-corrected chi connectivity index (χ4v) is 2.82. The summed E-state index contributed by atoms with van der Waals surface area (Å²) in [6.07, 6.45) is 1.27. The van der Waals surface area contributed by atoms with Crippen LogP contribution in [0.1, 0.15) is 38.5 Å². The van der Waals surface area contributed by atoms with Crippen molar-refractivity contribution < 1.29 is 18.0 Å². The number of rotatable bonds is 6. The summed E-state index contributed by atoms with van der Waals surface area (Å²) < 4.78 is 37.0. The average molecular weight is 330 g/mol. The molecule has 0 spiro atoms. The van der Waals surface area contributed by atoms with E-state index in [1.807, 2.05) is 0 Å². The summed E-state index contributed by atoms with van der Waals surface area (Å²) in [5, 5.41) is 0.373. The standard InChI is InChI=1S/C12H19BrF3NO/c13-7-8-17(9-12(14,15)16)11(18)6-5-10-3-1-2-4-10/h10H,1-9H2. The fraction of sp³-hybridized carbons (Fsp3) is 0.917. The Morgan fingerprint density at radius 2 is 1.89 bits per heavy atom. The number of carbonyl (C=O) groups is 1. The van der Waals surface area contributed by atoms with E-state index in [4.69, 9.17) is 0 Å². The summed E-state index contributed by atoms with van der Waals surface area (Å²) >= 11 is 3.08. The van der Waals surface area contributed by atoms with Gasteiger partial charge in [0, 0.05) is 18.3 Å². The second kappa shape index (κ2) is 7.36. The molecule has 0 bridgehead atoms. The quantitative estimate of drug-likeness (QED) is 0.680. The van der Waals surface area contributed by atoms with Gasteiger partial charge in [0.1, 0.15) is 6.54 Å². The van der Waals surface area contributed by atoms with Gasteiger partial charge < -0.3 is 4.90 Å². The Balaban J connectivity index is 2.38. The number of amides is 1. The summed E-state index contributed by atoms with van der Waals surface area (Å²) in [7, 11) is 0. The van der Waals surface area contributed by atoms with Crippen LogP contribution in [0.2, 0.25) is 0 Å². The van der Waals surface area contributed by atoms with Crippen molar-refractivity contribution in [2.45, 2.75) is 44.7 Å². The van der Waals surface area contributed by atoms with Crippen LogP contribution in [0.15, 0.2) is 0 Å². The van der Waals surface area contributed by atoms with Crippen molar-refractivity contribution in [1.82, 2.24) is 4.90 Å². The second-order valence-electron chi connectivity index (χ2n) is 4.81. The monoisotopic (exact) mass is 329 g/mol. The zero-order chi connectivity index (χ0) is 13.6. The first-order chi connectivity index (χ1) is 8.42. The molecule has 0 aromatic rings. The largest absolute Gasteiger partial charge is 0.406 e. The predicted molar refractivity (Wildman–Crippen MR) is 67.6 cm³/mol. The van der Waals surface area contributed by atoms with Crippen LogP contribution in [-0.2, 0) is 4.79 Å². The van der Waals surface area contributed by atoms with Gasteiger partial charge in [-0.1, -0.05) is 41.6 Å². The summed E-state index contributed by atoms with van der Waals surface area (Å²) in [6, 6.07) is 0. The van der Waals surface area contributed by atoms with Crippen LogP contribution in [0.25, 0.3) is 0 Å². The first kappa shape index (κ1) is 15.8. The fourth-order valence-electron chi connectivity index (χ4n) is 2.40. The Bertz CT molecular complexity index is 265. The highest BCUT2D eigenvalue weighted by Gasteiger charge is 2.32. The van der Waals surface area contributed by atoms with E-state index in [1.165, 1.54) is 12.8 Å². The molecule has 18 heavy (non-hydrogen) atoms. The van der Waals surface area contributed by atoms with Gasteiger partial charge in [0.05, 0.1) is 0 Å². The molecule has 0 N–H and O–H groups in total. The van der Waals surface area contributed by atoms with Crippen LogP contribution >= 0.6 is 15.9 Å². The van der Waals surface area contributed by atoms with Crippen LogP contribution < -0.4 is 0 Å². The van der Waals surface area contributed by atoms with Crippen molar-refractivity contribution in [3.63, 3.8) is 0 Å². The molecule has 1 fully saturated rings. The van der Waals surface area contributed by atoms with Gasteiger partial charge in [0.15, 0.2) is 0 Å². The molecule has 1 aliphatic rings. The minimum absolute atomic E-state index is 0.114. The molecule has 2 nitrogen and oxygen atoms in total. The van der Waals surface area contributed by atoms with E-state index in [1.54, 1.807) is 0 Å². The molecule has 1 saturated carbocycles. The summed E-state index contributed by atoms with van der Waals surface area (Å²) in [6.45, 7) is -1.02. The average Bonchev–Trinajstić information content (AvgIpc) is 2.76. The first-order valence-electron chi connectivity index (χ1n) is 6.33. The molecule has 0 radical (unpaired) electrons. The van der Waals surface area contributed by atoms with Crippen molar-refractivity contribution in [1.29, 1.82) is 0 Å². The molecule has 0 aromatic carbocycles. The Morgan fingerprint density at radius 3 is 2.39 bits per heavy atom. The SMILES string of the molecule is O=C(CCC1CCCC1)N(CCBr)CC(F)(F)F. The molecule has 0 atom stereocenters. The van der Waals surface area contributed by atoms with Gasteiger partial charge in [-0.05, 0) is 12.3 Å². The third-order valence-corrected chi connectivity index (χ3v) is 3.67. The highest BCUT2D eigenvalue weighted by atomic mass is 79.9. The molecule has 0 aliphatic heterocycles. The van der Waals surface area contributed by atoms with Crippen LogP contribution in [0.3, 0.4) is 0 Å². The zero-order valence-electron chi connectivity index (χ0n) is 10.3. The molecular weight excluding hydrogens is 311 g/mol. The molecule has 6 heteroatoms. The molecule has 0 unspecified atom stereocenters. The minimum atomic E-state index is -4.31.